The molecule has 90 valence electrons. The fourth-order valence-electron chi connectivity index (χ4n) is 1.74. The van der Waals surface area contributed by atoms with Gasteiger partial charge in [0.1, 0.15) is 6.23 Å². The molecule has 0 saturated carbocycles. The average molecular weight is 213 g/mol. The van der Waals surface area contributed by atoms with E-state index in [1.807, 2.05) is 6.92 Å². The molecule has 0 aromatic rings. The van der Waals surface area contributed by atoms with Crippen LogP contribution >= 0.6 is 0 Å². The molecule has 0 aromatic heterocycles. The SMILES string of the molecule is C=CC(CCCCC(C)C(N)O)C(C)C. The summed E-state index contributed by atoms with van der Waals surface area (Å²) in [6, 6.07) is 0. The molecule has 0 spiro atoms. The summed E-state index contributed by atoms with van der Waals surface area (Å²) in [5.74, 6) is 1.52. The molecule has 0 fully saturated rings. The zero-order valence-corrected chi connectivity index (χ0v) is 10.4. The van der Waals surface area contributed by atoms with Crippen molar-refractivity contribution in [3.8, 4) is 0 Å². The van der Waals surface area contributed by atoms with Crippen molar-refractivity contribution in [3.05, 3.63) is 12.7 Å². The van der Waals surface area contributed by atoms with Gasteiger partial charge in [-0.25, -0.2) is 0 Å². The Kier molecular flexibility index (Phi) is 7.71. The van der Waals surface area contributed by atoms with Crippen molar-refractivity contribution in [2.45, 2.75) is 52.7 Å². The monoisotopic (exact) mass is 213 g/mol. The first-order valence-corrected chi connectivity index (χ1v) is 6.05. The Bertz CT molecular complexity index is 166. The lowest BCUT2D eigenvalue weighted by atomic mass is 9.89. The van der Waals surface area contributed by atoms with Crippen LogP contribution in [0, 0.1) is 17.8 Å². The summed E-state index contributed by atoms with van der Waals surface area (Å²) in [6.07, 6.45) is 5.96. The standard InChI is InChI=1S/C13H27NO/c1-5-12(10(2)3)9-7-6-8-11(4)13(14)15/h5,10-13,15H,1,6-9,14H2,2-4H3. The smallest absolute Gasteiger partial charge is 0.104 e. The first kappa shape index (κ1) is 14.7. The van der Waals surface area contributed by atoms with Gasteiger partial charge in [-0.1, -0.05) is 39.7 Å². The van der Waals surface area contributed by atoms with E-state index in [1.54, 1.807) is 0 Å². The second-order valence-corrected chi connectivity index (χ2v) is 4.90. The van der Waals surface area contributed by atoms with Gasteiger partial charge in [-0.05, 0) is 30.6 Å². The molecule has 3 N–H and O–H groups in total. The van der Waals surface area contributed by atoms with Crippen molar-refractivity contribution < 1.29 is 5.11 Å². The van der Waals surface area contributed by atoms with E-state index in [1.165, 1.54) is 12.8 Å². The minimum absolute atomic E-state index is 0.214. The Labute approximate surface area is 94.6 Å². The van der Waals surface area contributed by atoms with E-state index in [4.69, 9.17) is 10.8 Å². The fourth-order valence-corrected chi connectivity index (χ4v) is 1.74. The van der Waals surface area contributed by atoms with Crippen molar-refractivity contribution in [1.82, 2.24) is 0 Å². The maximum Gasteiger partial charge on any atom is 0.104 e. The van der Waals surface area contributed by atoms with Gasteiger partial charge in [0.05, 0.1) is 0 Å². The van der Waals surface area contributed by atoms with Gasteiger partial charge in [0, 0.05) is 0 Å². The van der Waals surface area contributed by atoms with Crippen LogP contribution in [0.1, 0.15) is 46.5 Å². The highest BCUT2D eigenvalue weighted by Crippen LogP contribution is 2.20. The predicted molar refractivity (Wildman–Crippen MR) is 66.4 cm³/mol. The number of hydrogen-bond donors (Lipinski definition) is 2. The fraction of sp³-hybridized carbons (Fsp3) is 0.846. The third-order valence-electron chi connectivity index (χ3n) is 3.19. The average Bonchev–Trinajstić information content (AvgIpc) is 2.16. The molecule has 0 rings (SSSR count). The van der Waals surface area contributed by atoms with Gasteiger partial charge in [0.15, 0.2) is 0 Å². The van der Waals surface area contributed by atoms with Crippen LogP contribution in [-0.2, 0) is 0 Å². The first-order chi connectivity index (χ1) is 6.99. The van der Waals surface area contributed by atoms with Gasteiger partial charge in [-0.3, -0.25) is 0 Å². The van der Waals surface area contributed by atoms with Gasteiger partial charge >= 0.3 is 0 Å². The van der Waals surface area contributed by atoms with Gasteiger partial charge in [0.25, 0.3) is 0 Å². The second-order valence-electron chi connectivity index (χ2n) is 4.90. The molecule has 0 saturated heterocycles. The Morgan fingerprint density at radius 2 is 1.73 bits per heavy atom. The molecular formula is C13H27NO. The third kappa shape index (κ3) is 6.69. The lowest BCUT2D eigenvalue weighted by Crippen LogP contribution is -2.27. The highest BCUT2D eigenvalue weighted by Gasteiger charge is 2.11. The number of aliphatic hydroxyl groups excluding tert-OH is 1. The van der Waals surface area contributed by atoms with E-state index < -0.39 is 6.23 Å². The largest absolute Gasteiger partial charge is 0.379 e. The quantitative estimate of drug-likeness (QED) is 0.370. The van der Waals surface area contributed by atoms with Crippen LogP contribution in [-0.4, -0.2) is 11.3 Å². The Morgan fingerprint density at radius 3 is 2.13 bits per heavy atom. The second kappa shape index (κ2) is 7.89. The van der Waals surface area contributed by atoms with Crippen LogP contribution in [0.25, 0.3) is 0 Å². The van der Waals surface area contributed by atoms with E-state index in [0.717, 1.165) is 12.8 Å². The van der Waals surface area contributed by atoms with E-state index in [0.29, 0.717) is 11.8 Å². The van der Waals surface area contributed by atoms with E-state index in [2.05, 4.69) is 26.5 Å². The van der Waals surface area contributed by atoms with Crippen molar-refractivity contribution in [2.75, 3.05) is 0 Å². The molecule has 0 amide bonds. The van der Waals surface area contributed by atoms with Crippen LogP contribution in [0.4, 0.5) is 0 Å². The van der Waals surface area contributed by atoms with Gasteiger partial charge in [0.2, 0.25) is 0 Å². The molecule has 2 heteroatoms. The van der Waals surface area contributed by atoms with Crippen molar-refractivity contribution in [3.63, 3.8) is 0 Å². The number of unbranched alkanes of at least 4 members (excludes halogenated alkanes) is 1. The Balaban J connectivity index is 3.57. The molecule has 0 heterocycles. The van der Waals surface area contributed by atoms with Gasteiger partial charge < -0.3 is 10.8 Å². The molecule has 15 heavy (non-hydrogen) atoms. The van der Waals surface area contributed by atoms with Crippen LogP contribution in [0.15, 0.2) is 12.7 Å². The molecule has 3 atom stereocenters. The summed E-state index contributed by atoms with van der Waals surface area (Å²) in [4.78, 5) is 0. The summed E-state index contributed by atoms with van der Waals surface area (Å²) < 4.78 is 0. The molecule has 0 aliphatic rings. The number of aliphatic hydroxyl groups is 1. The minimum atomic E-state index is -0.662. The first-order valence-electron chi connectivity index (χ1n) is 6.05. The molecule has 0 radical (unpaired) electrons. The van der Waals surface area contributed by atoms with Crippen LogP contribution < -0.4 is 5.73 Å². The highest BCUT2D eigenvalue weighted by atomic mass is 16.3. The molecule has 3 unspecified atom stereocenters. The predicted octanol–water partition coefficient (Wildman–Crippen LogP) is 2.92. The van der Waals surface area contributed by atoms with Crippen LogP contribution in [0.5, 0.6) is 0 Å². The minimum Gasteiger partial charge on any atom is -0.379 e. The zero-order valence-electron chi connectivity index (χ0n) is 10.4. The number of allylic oxidation sites excluding steroid dienone is 1. The topological polar surface area (TPSA) is 46.2 Å². The maximum atomic E-state index is 9.13. The number of nitrogens with two attached hydrogens (primary N) is 1. The lowest BCUT2D eigenvalue weighted by Gasteiger charge is -2.17. The molecule has 0 aliphatic heterocycles. The highest BCUT2D eigenvalue weighted by molar-refractivity contribution is 4.81. The maximum absolute atomic E-state index is 9.13. The Hall–Kier alpha value is -0.340. The summed E-state index contributed by atoms with van der Waals surface area (Å²) in [7, 11) is 0. The molecule has 0 bridgehead atoms. The van der Waals surface area contributed by atoms with Crippen LogP contribution in [0.2, 0.25) is 0 Å². The van der Waals surface area contributed by atoms with E-state index in [-0.39, 0.29) is 5.92 Å². The Morgan fingerprint density at radius 1 is 1.20 bits per heavy atom. The third-order valence-corrected chi connectivity index (χ3v) is 3.19. The number of hydrogen-bond acceptors (Lipinski definition) is 2. The van der Waals surface area contributed by atoms with Gasteiger partial charge in [-0.2, -0.15) is 0 Å². The number of rotatable bonds is 8. The normalized spacial score (nSPS) is 17.5. The van der Waals surface area contributed by atoms with Crippen molar-refractivity contribution in [2.24, 2.45) is 23.5 Å². The summed E-state index contributed by atoms with van der Waals surface area (Å²) in [5, 5.41) is 9.13. The van der Waals surface area contributed by atoms with Crippen LogP contribution in [0.3, 0.4) is 0 Å². The lowest BCUT2D eigenvalue weighted by molar-refractivity contribution is 0.116. The van der Waals surface area contributed by atoms with Crippen molar-refractivity contribution in [1.29, 1.82) is 0 Å². The van der Waals surface area contributed by atoms with E-state index >= 15 is 0 Å². The molecule has 2 nitrogen and oxygen atoms in total. The summed E-state index contributed by atoms with van der Waals surface area (Å²) in [6.45, 7) is 10.3. The van der Waals surface area contributed by atoms with Gasteiger partial charge in [-0.15, -0.1) is 6.58 Å². The molecular weight excluding hydrogens is 186 g/mol. The zero-order chi connectivity index (χ0) is 11.8. The molecule has 0 aliphatic carbocycles. The summed E-state index contributed by atoms with van der Waals surface area (Å²) >= 11 is 0. The molecule has 0 aromatic carbocycles. The van der Waals surface area contributed by atoms with E-state index in [9.17, 15) is 0 Å². The van der Waals surface area contributed by atoms with Crippen molar-refractivity contribution >= 4 is 0 Å². The summed E-state index contributed by atoms with van der Waals surface area (Å²) in [5.41, 5.74) is 5.39.